The average Bonchev–Trinajstić information content (AvgIpc) is 0.923. The van der Waals surface area contributed by atoms with Crippen molar-refractivity contribution >= 4 is 39.5 Å². The molecule has 0 bridgehead atoms. The molecule has 0 fully saturated rings. The second-order valence-electron chi connectivity index (χ2n) is 24.5. The second kappa shape index (κ2) is 73.5. The number of rotatable bonds is 69. The van der Waals surface area contributed by atoms with Crippen LogP contribution in [-0.2, 0) is 65.4 Å². The fraction of sp³-hybridized carbons (Fsp3) is 0.590. The molecule has 0 saturated heterocycles. The summed E-state index contributed by atoms with van der Waals surface area (Å²) < 4.78 is 68.3. The zero-order valence-corrected chi connectivity index (χ0v) is 64.5. The third-order valence-electron chi connectivity index (χ3n) is 14.9. The molecule has 0 amide bonds. The maximum atomic E-state index is 13.1. The smallest absolute Gasteiger partial charge is 0.462 e. The van der Waals surface area contributed by atoms with E-state index in [1.807, 2.05) is 24.3 Å². The van der Waals surface area contributed by atoms with Crippen molar-refractivity contribution in [2.75, 3.05) is 39.6 Å². The number of esters is 4. The molecule has 0 aromatic carbocycles. The first kappa shape index (κ1) is 96.2. The Morgan fingerprint density at radius 1 is 0.294 bits per heavy atom. The number of ether oxygens (including phenoxy) is 4. The normalized spacial score (nSPS) is 14.9. The summed E-state index contributed by atoms with van der Waals surface area (Å²) in [6.45, 7) is 4.25. The molecular weight excluding hydrogens is 1330 g/mol. The molecule has 0 aliphatic heterocycles. The minimum atomic E-state index is -5.02. The Kier molecular flexibility index (Phi) is 69.3. The van der Waals surface area contributed by atoms with Gasteiger partial charge < -0.3 is 33.8 Å². The fourth-order valence-corrected chi connectivity index (χ4v) is 10.8. The Bertz CT molecular complexity index is 2650. The zero-order chi connectivity index (χ0) is 74.6. The van der Waals surface area contributed by atoms with Crippen molar-refractivity contribution in [2.24, 2.45) is 0 Å². The van der Waals surface area contributed by atoms with E-state index in [0.717, 1.165) is 154 Å². The fourth-order valence-electron chi connectivity index (χ4n) is 9.20. The topological polar surface area (TPSA) is 237 Å². The molecule has 0 heterocycles. The van der Waals surface area contributed by atoms with Crippen LogP contribution in [0.5, 0.6) is 0 Å². The lowest BCUT2D eigenvalue weighted by atomic mass is 10.1. The van der Waals surface area contributed by atoms with Crippen LogP contribution in [0, 0.1) is 0 Å². The molecule has 102 heavy (non-hydrogen) atoms. The van der Waals surface area contributed by atoms with Gasteiger partial charge in [-0.15, -0.1) is 0 Å². The minimum absolute atomic E-state index is 0.0560. The van der Waals surface area contributed by atoms with Crippen LogP contribution in [0.15, 0.2) is 182 Å². The average molecular weight is 1460 g/mol. The highest BCUT2D eigenvalue weighted by molar-refractivity contribution is 7.47. The van der Waals surface area contributed by atoms with Crippen LogP contribution in [0.1, 0.15) is 259 Å². The van der Waals surface area contributed by atoms with Crippen LogP contribution >= 0.6 is 15.6 Å². The molecule has 5 unspecified atom stereocenters. The largest absolute Gasteiger partial charge is 0.472 e. The first-order chi connectivity index (χ1) is 49.7. The highest BCUT2D eigenvalue weighted by atomic mass is 31.2. The SMILES string of the molecule is CC/C=C\C/C=C\C/C=C\C/C=C\C/C=C\CCCC(=O)OCC(COP(=O)(O)OCC(O)COP(=O)(O)OCC(COC(=O)CCCCCCC/C=C\C/C=C\C/C=C\CC)OC(=O)CCCCCCC/C=C\C/C=C\CCCCC)OC(=O)C/C=C\C/C=C\C/C=C\C/C=C\C/C=C\CC. The molecule has 0 aliphatic rings. The summed E-state index contributed by atoms with van der Waals surface area (Å²) in [5.74, 6) is -2.45. The second-order valence-corrected chi connectivity index (χ2v) is 27.4. The number of carbonyl (C=O) groups is 4. The van der Waals surface area contributed by atoms with Gasteiger partial charge in [0, 0.05) is 19.3 Å². The van der Waals surface area contributed by atoms with E-state index in [1.165, 1.54) is 19.3 Å². The lowest BCUT2D eigenvalue weighted by Gasteiger charge is -2.21. The Hall–Kier alpha value is -5.84. The van der Waals surface area contributed by atoms with E-state index in [1.54, 1.807) is 12.2 Å². The number of phosphoric acid groups is 2. The number of aliphatic hydroxyl groups excluding tert-OH is 1. The first-order valence-electron chi connectivity index (χ1n) is 38.0. The highest BCUT2D eigenvalue weighted by Gasteiger charge is 2.30. The van der Waals surface area contributed by atoms with Gasteiger partial charge in [-0.05, 0) is 154 Å². The maximum Gasteiger partial charge on any atom is 0.472 e. The lowest BCUT2D eigenvalue weighted by molar-refractivity contribution is -0.161. The van der Waals surface area contributed by atoms with Crippen LogP contribution in [0.4, 0.5) is 0 Å². The molecule has 0 aromatic rings. The van der Waals surface area contributed by atoms with E-state index in [9.17, 15) is 43.2 Å². The monoisotopic (exact) mass is 1460 g/mol. The molecular formula is C83H132O17P2. The Morgan fingerprint density at radius 3 is 0.912 bits per heavy atom. The highest BCUT2D eigenvalue weighted by Crippen LogP contribution is 2.45. The molecule has 19 heteroatoms. The first-order valence-corrected chi connectivity index (χ1v) is 41.0. The summed E-state index contributed by atoms with van der Waals surface area (Å²) in [6.07, 6.45) is 87.8. The Balaban J connectivity index is 5.52. The van der Waals surface area contributed by atoms with Gasteiger partial charge in [-0.25, -0.2) is 9.13 Å². The van der Waals surface area contributed by atoms with Crippen LogP contribution in [-0.4, -0.2) is 96.7 Å². The molecule has 0 radical (unpaired) electrons. The van der Waals surface area contributed by atoms with Crippen molar-refractivity contribution in [3.63, 3.8) is 0 Å². The third kappa shape index (κ3) is 72.5. The van der Waals surface area contributed by atoms with E-state index in [2.05, 4.69) is 174 Å². The van der Waals surface area contributed by atoms with Crippen molar-refractivity contribution in [1.29, 1.82) is 0 Å². The van der Waals surface area contributed by atoms with Crippen LogP contribution in [0.25, 0.3) is 0 Å². The molecule has 0 spiro atoms. The molecule has 0 aliphatic carbocycles. The molecule has 0 rings (SSSR count). The summed E-state index contributed by atoms with van der Waals surface area (Å²) >= 11 is 0. The van der Waals surface area contributed by atoms with Gasteiger partial charge in [0.1, 0.15) is 19.3 Å². The number of phosphoric ester groups is 2. The third-order valence-corrected chi connectivity index (χ3v) is 16.8. The summed E-state index contributed by atoms with van der Waals surface area (Å²) in [5.41, 5.74) is 0. The van der Waals surface area contributed by atoms with Gasteiger partial charge in [-0.3, -0.25) is 37.3 Å². The van der Waals surface area contributed by atoms with E-state index in [4.69, 9.17) is 37.0 Å². The van der Waals surface area contributed by atoms with Gasteiger partial charge >= 0.3 is 39.5 Å². The van der Waals surface area contributed by atoms with E-state index < -0.39 is 97.5 Å². The number of hydrogen-bond acceptors (Lipinski definition) is 15. The number of aliphatic hydroxyl groups is 1. The molecule has 0 aromatic heterocycles. The number of unbranched alkanes of at least 4 members (excludes halogenated alkanes) is 14. The molecule has 576 valence electrons. The van der Waals surface area contributed by atoms with Crippen molar-refractivity contribution in [3.05, 3.63) is 182 Å². The predicted molar refractivity (Wildman–Crippen MR) is 417 cm³/mol. The number of hydrogen-bond donors (Lipinski definition) is 3. The number of carbonyl (C=O) groups excluding carboxylic acids is 4. The minimum Gasteiger partial charge on any atom is -0.462 e. The lowest BCUT2D eigenvalue weighted by Crippen LogP contribution is -2.30. The Morgan fingerprint density at radius 2 is 0.559 bits per heavy atom. The van der Waals surface area contributed by atoms with Gasteiger partial charge in [0.25, 0.3) is 0 Å². The van der Waals surface area contributed by atoms with Crippen molar-refractivity contribution in [1.82, 2.24) is 0 Å². The van der Waals surface area contributed by atoms with Gasteiger partial charge in [0.05, 0.1) is 32.8 Å². The maximum absolute atomic E-state index is 13.1. The van der Waals surface area contributed by atoms with Crippen LogP contribution in [0.2, 0.25) is 0 Å². The van der Waals surface area contributed by atoms with E-state index in [0.29, 0.717) is 32.1 Å². The standard InChI is InChI=1S/C83H132O17P2/c1-5-9-13-17-21-25-29-33-37-38-42-44-48-52-56-60-64-68-81(86)94-74-79(100-83(88)70-66-62-58-54-50-46-41-36-32-28-24-20-16-12-8-4)76-98-102(91,92)96-72-77(84)71-95-101(89,90)97-75-78(99-82(87)69-65-61-57-53-49-45-40-35-31-27-23-19-15-11-7-3)73-93-80(85)67-63-59-55-51-47-43-39-34-30-26-22-18-14-10-6-2/h9-10,12-14,16,21-28,33-37,39-42,44,50,52,54,56,62,66,77-79,84H,5-8,11,15,17-20,29-32,38,43,45-49,51,53,55,57-61,63-65,67-76H2,1-4H3,(H,89,90)(H,91,92)/b13-9-,14-10-,16-12-,25-21-,26-22-,27-23-,28-24-,37-33-,39-34-,40-35-,41-36-,44-42-,54-50-,56-52-,66-62-. The van der Waals surface area contributed by atoms with E-state index in [-0.39, 0.29) is 25.7 Å². The van der Waals surface area contributed by atoms with Crippen molar-refractivity contribution in [3.8, 4) is 0 Å². The van der Waals surface area contributed by atoms with Gasteiger partial charge in [-0.2, -0.15) is 0 Å². The zero-order valence-electron chi connectivity index (χ0n) is 62.7. The Labute approximate surface area is 615 Å². The van der Waals surface area contributed by atoms with Gasteiger partial charge in [-0.1, -0.05) is 261 Å². The molecule has 0 saturated carbocycles. The van der Waals surface area contributed by atoms with Crippen molar-refractivity contribution in [2.45, 2.75) is 277 Å². The van der Waals surface area contributed by atoms with E-state index >= 15 is 0 Å². The molecule has 17 nitrogen and oxygen atoms in total. The number of allylic oxidation sites excluding steroid dienone is 29. The summed E-state index contributed by atoms with van der Waals surface area (Å²) in [6, 6.07) is 0. The van der Waals surface area contributed by atoms with Crippen LogP contribution in [0.3, 0.4) is 0 Å². The van der Waals surface area contributed by atoms with Crippen LogP contribution < -0.4 is 0 Å². The summed E-state index contributed by atoms with van der Waals surface area (Å²) in [5, 5.41) is 10.6. The summed E-state index contributed by atoms with van der Waals surface area (Å²) in [4.78, 5) is 72.8. The van der Waals surface area contributed by atoms with Crippen molar-refractivity contribution < 1.29 is 80.2 Å². The van der Waals surface area contributed by atoms with Gasteiger partial charge in [0.15, 0.2) is 12.2 Å². The van der Waals surface area contributed by atoms with Gasteiger partial charge in [0.2, 0.25) is 0 Å². The molecule has 3 N–H and O–H groups in total. The predicted octanol–water partition coefficient (Wildman–Crippen LogP) is 22.0. The quantitative estimate of drug-likeness (QED) is 0.0169. The summed E-state index contributed by atoms with van der Waals surface area (Å²) in [7, 11) is -10.0. The molecule has 5 atom stereocenters.